The lowest BCUT2D eigenvalue weighted by Crippen LogP contribution is -2.48. The summed E-state index contributed by atoms with van der Waals surface area (Å²) in [7, 11) is -3.52. The molecule has 0 radical (unpaired) electrons. The van der Waals surface area contributed by atoms with Gasteiger partial charge in [0.15, 0.2) is 5.78 Å². The number of benzene rings is 2. The molecule has 1 saturated heterocycles. The molecule has 2 aromatic rings. The highest BCUT2D eigenvalue weighted by atomic mass is 32.2. The van der Waals surface area contributed by atoms with Crippen LogP contribution >= 0.6 is 0 Å². The van der Waals surface area contributed by atoms with E-state index in [1.54, 1.807) is 24.3 Å². The van der Waals surface area contributed by atoms with Crippen molar-refractivity contribution < 1.29 is 13.2 Å². The molecule has 1 fully saturated rings. The zero-order chi connectivity index (χ0) is 20.1. The molecule has 1 aliphatic rings. The number of ketones is 1. The van der Waals surface area contributed by atoms with Crippen LogP contribution in [0.4, 0.5) is 5.69 Å². The Balaban J connectivity index is 1.72. The molecule has 1 aliphatic heterocycles. The molecular formula is C21H21N3O3S. The molecule has 28 heavy (non-hydrogen) atoms. The average molecular weight is 395 g/mol. The third-order valence-corrected chi connectivity index (χ3v) is 6.26. The van der Waals surface area contributed by atoms with Gasteiger partial charge in [-0.25, -0.2) is 8.42 Å². The Kier molecular flexibility index (Phi) is 5.93. The van der Waals surface area contributed by atoms with Gasteiger partial charge in [0.1, 0.15) is 6.07 Å². The van der Waals surface area contributed by atoms with Crippen molar-refractivity contribution in [2.75, 3.05) is 31.1 Å². The zero-order valence-corrected chi connectivity index (χ0v) is 16.4. The number of Topliss-reactive ketones (excluding diaryl/α,β-unsaturated/α-hetero) is 1. The van der Waals surface area contributed by atoms with E-state index >= 15 is 0 Å². The fourth-order valence-electron chi connectivity index (χ4n) is 3.11. The average Bonchev–Trinajstić information content (AvgIpc) is 2.72. The number of sulfonamides is 1. The van der Waals surface area contributed by atoms with Crippen LogP contribution in [0.1, 0.15) is 28.4 Å². The number of carbonyl (C=O) groups is 1. The Morgan fingerprint density at radius 2 is 1.75 bits per heavy atom. The molecule has 2 aromatic carbocycles. The number of hydrogen-bond donors (Lipinski definition) is 0. The van der Waals surface area contributed by atoms with Gasteiger partial charge in [-0.2, -0.15) is 9.57 Å². The topological polar surface area (TPSA) is 81.5 Å². The molecule has 0 bridgehead atoms. The molecule has 0 unspecified atom stereocenters. The van der Waals surface area contributed by atoms with Crippen LogP contribution in [0.15, 0.2) is 53.9 Å². The summed E-state index contributed by atoms with van der Waals surface area (Å²) in [6.45, 7) is 3.02. The first kappa shape index (κ1) is 19.8. The smallest absolute Gasteiger partial charge is 0.236 e. The Bertz CT molecular complexity index is 1030. The molecule has 0 aliphatic carbocycles. The summed E-state index contributed by atoms with van der Waals surface area (Å²) >= 11 is 0. The summed E-state index contributed by atoms with van der Waals surface area (Å²) in [6.07, 6.45) is 1.59. The van der Waals surface area contributed by atoms with E-state index < -0.39 is 10.0 Å². The maximum atomic E-state index is 12.6. The van der Waals surface area contributed by atoms with E-state index in [-0.39, 0.29) is 5.78 Å². The molecule has 3 rings (SSSR count). The predicted octanol–water partition coefficient (Wildman–Crippen LogP) is 2.88. The van der Waals surface area contributed by atoms with Gasteiger partial charge in [-0.05, 0) is 36.8 Å². The molecule has 0 spiro atoms. The van der Waals surface area contributed by atoms with Crippen LogP contribution in [0.25, 0.3) is 6.08 Å². The van der Waals surface area contributed by atoms with Crippen LogP contribution in [0.3, 0.4) is 0 Å². The number of nitriles is 1. The third-order valence-electron chi connectivity index (χ3n) is 4.70. The second-order valence-electron chi connectivity index (χ2n) is 6.54. The minimum Gasteiger partial charge on any atom is -0.368 e. The number of anilines is 1. The monoisotopic (exact) mass is 395 g/mol. The lowest BCUT2D eigenvalue weighted by atomic mass is 10.1. The molecule has 0 N–H and O–H groups in total. The number of rotatable bonds is 5. The second kappa shape index (κ2) is 8.38. The van der Waals surface area contributed by atoms with Crippen molar-refractivity contribution in [2.45, 2.75) is 6.92 Å². The maximum Gasteiger partial charge on any atom is 0.236 e. The van der Waals surface area contributed by atoms with Gasteiger partial charge in [0.05, 0.1) is 11.3 Å². The van der Waals surface area contributed by atoms with E-state index in [9.17, 15) is 18.5 Å². The van der Waals surface area contributed by atoms with Gasteiger partial charge in [0.25, 0.3) is 0 Å². The van der Waals surface area contributed by atoms with Gasteiger partial charge in [-0.15, -0.1) is 0 Å². The van der Waals surface area contributed by atoms with E-state index in [1.807, 2.05) is 35.2 Å². The van der Waals surface area contributed by atoms with Gasteiger partial charge in [0, 0.05) is 37.2 Å². The number of hydrogen-bond acceptors (Lipinski definition) is 5. The van der Waals surface area contributed by atoms with Crippen molar-refractivity contribution in [1.82, 2.24) is 4.31 Å². The Hall–Kier alpha value is -2.95. The summed E-state index contributed by atoms with van der Waals surface area (Å²) < 4.78 is 26.6. The lowest BCUT2D eigenvalue weighted by molar-refractivity contribution is 0.101. The third kappa shape index (κ3) is 4.47. The van der Waals surface area contributed by atoms with Crippen molar-refractivity contribution in [3.05, 3.63) is 70.6 Å². The summed E-state index contributed by atoms with van der Waals surface area (Å²) in [6, 6.07) is 16.4. The first-order valence-corrected chi connectivity index (χ1v) is 10.4. The SMILES string of the molecule is CC(=O)c1ccc(C#N)c(N2CCN(S(=O)(=O)/C=C/c3ccccc3)CC2)c1. The van der Waals surface area contributed by atoms with E-state index in [0.717, 1.165) is 5.56 Å². The molecule has 144 valence electrons. The summed E-state index contributed by atoms with van der Waals surface area (Å²) in [4.78, 5) is 13.6. The lowest BCUT2D eigenvalue weighted by Gasteiger charge is -2.35. The summed E-state index contributed by atoms with van der Waals surface area (Å²) in [5.41, 5.74) is 2.51. The van der Waals surface area contributed by atoms with Crippen LogP contribution < -0.4 is 4.90 Å². The zero-order valence-electron chi connectivity index (χ0n) is 15.6. The Labute approximate surface area is 165 Å². The predicted molar refractivity (Wildman–Crippen MR) is 109 cm³/mol. The van der Waals surface area contributed by atoms with Crippen LogP contribution in [0.5, 0.6) is 0 Å². The molecule has 0 atom stereocenters. The molecule has 7 heteroatoms. The second-order valence-corrected chi connectivity index (χ2v) is 8.36. The van der Waals surface area contributed by atoms with Crippen LogP contribution in [0.2, 0.25) is 0 Å². The quantitative estimate of drug-likeness (QED) is 0.727. The molecule has 0 saturated carbocycles. The Morgan fingerprint density at radius 3 is 2.36 bits per heavy atom. The molecule has 1 heterocycles. The minimum atomic E-state index is -3.52. The standard InChI is InChI=1S/C21H21N3O3S/c1-17(25)19-7-8-20(16-22)21(15-19)23-10-12-24(13-11-23)28(26,27)14-9-18-5-3-2-4-6-18/h2-9,14-15H,10-13H2,1H3/b14-9+. The molecule has 6 nitrogen and oxygen atoms in total. The normalized spacial score (nSPS) is 15.5. The van der Waals surface area contributed by atoms with Crippen molar-refractivity contribution in [3.8, 4) is 6.07 Å². The van der Waals surface area contributed by atoms with E-state index in [4.69, 9.17) is 0 Å². The summed E-state index contributed by atoms with van der Waals surface area (Å²) in [5.74, 6) is -0.0713. The van der Waals surface area contributed by atoms with Gasteiger partial charge < -0.3 is 4.90 Å². The van der Waals surface area contributed by atoms with Crippen LogP contribution in [-0.4, -0.2) is 44.7 Å². The largest absolute Gasteiger partial charge is 0.368 e. The number of piperazine rings is 1. The van der Waals surface area contributed by atoms with E-state index in [2.05, 4.69) is 6.07 Å². The summed E-state index contributed by atoms with van der Waals surface area (Å²) in [5, 5.41) is 10.6. The van der Waals surface area contributed by atoms with Gasteiger partial charge in [0.2, 0.25) is 10.0 Å². The first-order valence-electron chi connectivity index (χ1n) is 8.94. The van der Waals surface area contributed by atoms with Crippen molar-refractivity contribution in [1.29, 1.82) is 5.26 Å². The van der Waals surface area contributed by atoms with E-state index in [1.165, 1.54) is 16.6 Å². The highest BCUT2D eigenvalue weighted by Gasteiger charge is 2.26. The van der Waals surface area contributed by atoms with Gasteiger partial charge in [-0.1, -0.05) is 30.3 Å². The minimum absolute atomic E-state index is 0.0713. The van der Waals surface area contributed by atoms with Crippen molar-refractivity contribution >= 4 is 27.6 Å². The highest BCUT2D eigenvalue weighted by molar-refractivity contribution is 7.92. The van der Waals surface area contributed by atoms with E-state index in [0.29, 0.717) is 43.0 Å². The Morgan fingerprint density at radius 1 is 1.07 bits per heavy atom. The van der Waals surface area contributed by atoms with Crippen molar-refractivity contribution in [3.63, 3.8) is 0 Å². The molecule has 0 aromatic heterocycles. The fourth-order valence-corrected chi connectivity index (χ4v) is 4.28. The highest BCUT2D eigenvalue weighted by Crippen LogP contribution is 2.24. The van der Waals surface area contributed by atoms with Gasteiger partial charge in [-0.3, -0.25) is 4.79 Å². The van der Waals surface area contributed by atoms with Gasteiger partial charge >= 0.3 is 0 Å². The maximum absolute atomic E-state index is 12.6. The molecular weight excluding hydrogens is 374 g/mol. The number of nitrogens with zero attached hydrogens (tertiary/aromatic N) is 3. The van der Waals surface area contributed by atoms with Crippen LogP contribution in [0, 0.1) is 11.3 Å². The number of carbonyl (C=O) groups excluding carboxylic acids is 1. The fraction of sp³-hybridized carbons (Fsp3) is 0.238. The first-order chi connectivity index (χ1) is 13.4. The van der Waals surface area contributed by atoms with Crippen LogP contribution in [-0.2, 0) is 10.0 Å². The molecule has 0 amide bonds. The van der Waals surface area contributed by atoms with Crippen molar-refractivity contribution in [2.24, 2.45) is 0 Å².